The Morgan fingerprint density at radius 3 is 2.47 bits per heavy atom. The molecule has 0 amide bonds. The molecular weight excluding hydrogens is 422 g/mol. The first-order valence-electron chi connectivity index (χ1n) is 10.1. The fourth-order valence-electron chi connectivity index (χ4n) is 4.04. The van der Waals surface area contributed by atoms with Gasteiger partial charge in [0.2, 0.25) is 5.92 Å². The second-order valence-electron chi connectivity index (χ2n) is 8.05. The van der Waals surface area contributed by atoms with Crippen molar-refractivity contribution < 1.29 is 17.6 Å². The Morgan fingerprint density at radius 2 is 1.72 bits per heavy atom. The summed E-state index contributed by atoms with van der Waals surface area (Å²) in [5.74, 6) is -2.66. The minimum atomic E-state index is -2.68. The quantitative estimate of drug-likeness (QED) is 0.417. The predicted molar refractivity (Wildman–Crippen MR) is 112 cm³/mol. The summed E-state index contributed by atoms with van der Waals surface area (Å²) in [6.07, 6.45) is -1.50. The summed E-state index contributed by atoms with van der Waals surface area (Å²) in [4.78, 5) is 8.62. The lowest BCUT2D eigenvalue weighted by Gasteiger charge is -2.38. The number of alkyl halides is 4. The van der Waals surface area contributed by atoms with Crippen molar-refractivity contribution in [3.8, 4) is 17.1 Å². The molecule has 3 heterocycles. The molecule has 1 atom stereocenters. The van der Waals surface area contributed by atoms with Crippen molar-refractivity contribution in [1.29, 1.82) is 0 Å². The van der Waals surface area contributed by atoms with Gasteiger partial charge in [0, 0.05) is 23.8 Å². The summed E-state index contributed by atoms with van der Waals surface area (Å²) in [6.45, 7) is 0. The van der Waals surface area contributed by atoms with Gasteiger partial charge in [0.15, 0.2) is 5.82 Å². The van der Waals surface area contributed by atoms with Gasteiger partial charge < -0.3 is 5.73 Å². The largest absolute Gasteiger partial charge is 0.322 e. The van der Waals surface area contributed by atoms with E-state index in [0.717, 1.165) is 10.9 Å². The van der Waals surface area contributed by atoms with Crippen molar-refractivity contribution >= 4 is 10.9 Å². The zero-order chi connectivity index (χ0) is 22.5. The van der Waals surface area contributed by atoms with Crippen LogP contribution in [0, 0.1) is 5.92 Å². The van der Waals surface area contributed by atoms with E-state index in [0.29, 0.717) is 16.9 Å². The highest BCUT2D eigenvalue weighted by atomic mass is 19.3. The van der Waals surface area contributed by atoms with E-state index < -0.39 is 18.4 Å². The average Bonchev–Trinajstić information content (AvgIpc) is 3.20. The van der Waals surface area contributed by atoms with Gasteiger partial charge in [-0.25, -0.2) is 27.2 Å². The van der Waals surface area contributed by atoms with Crippen molar-refractivity contribution in [1.82, 2.24) is 19.7 Å². The summed E-state index contributed by atoms with van der Waals surface area (Å²) in [5.41, 5.74) is 8.50. The molecule has 4 aromatic rings. The van der Waals surface area contributed by atoms with E-state index in [1.165, 1.54) is 16.8 Å². The SMILES string of the molecule is N[C@H](c1cccc(-c2ccc3cnn(-c4cccc(C(F)F)n4)c3c2)n1)C1CC(F)(F)C1. The number of nitrogens with zero attached hydrogens (tertiary/aromatic N) is 4. The fraction of sp³-hybridized carbons (Fsp3) is 0.261. The number of aromatic nitrogens is 4. The molecule has 164 valence electrons. The van der Waals surface area contributed by atoms with Gasteiger partial charge >= 0.3 is 0 Å². The third kappa shape index (κ3) is 3.73. The molecule has 2 N–H and O–H groups in total. The zero-order valence-corrected chi connectivity index (χ0v) is 16.8. The van der Waals surface area contributed by atoms with Crippen molar-refractivity contribution in [2.75, 3.05) is 0 Å². The molecule has 9 heteroatoms. The summed E-state index contributed by atoms with van der Waals surface area (Å²) in [6, 6.07) is 14.7. The van der Waals surface area contributed by atoms with Crippen LogP contribution in [0.1, 0.15) is 36.7 Å². The minimum absolute atomic E-state index is 0.226. The molecule has 0 radical (unpaired) electrons. The first-order chi connectivity index (χ1) is 15.3. The van der Waals surface area contributed by atoms with Crippen LogP contribution in [0.25, 0.3) is 28.0 Å². The molecule has 0 aliphatic heterocycles. The van der Waals surface area contributed by atoms with Crippen LogP contribution in [0.15, 0.2) is 60.8 Å². The van der Waals surface area contributed by atoms with Crippen LogP contribution in [0.4, 0.5) is 17.6 Å². The van der Waals surface area contributed by atoms with E-state index in [2.05, 4.69) is 15.1 Å². The average molecular weight is 441 g/mol. The maximum atomic E-state index is 13.2. The lowest BCUT2D eigenvalue weighted by molar-refractivity contribution is -0.117. The molecule has 5 rings (SSSR count). The topological polar surface area (TPSA) is 69.6 Å². The zero-order valence-electron chi connectivity index (χ0n) is 16.8. The summed E-state index contributed by atoms with van der Waals surface area (Å²) in [5, 5.41) is 5.11. The Morgan fingerprint density at radius 1 is 0.969 bits per heavy atom. The van der Waals surface area contributed by atoms with Gasteiger partial charge in [-0.05, 0) is 36.2 Å². The third-order valence-corrected chi connectivity index (χ3v) is 5.80. The number of hydrogen-bond donors (Lipinski definition) is 1. The van der Waals surface area contributed by atoms with Gasteiger partial charge in [-0.3, -0.25) is 4.98 Å². The number of halogens is 4. The van der Waals surface area contributed by atoms with Gasteiger partial charge in [-0.1, -0.05) is 24.3 Å². The lowest BCUT2D eigenvalue weighted by atomic mass is 9.75. The van der Waals surface area contributed by atoms with Crippen LogP contribution in [-0.4, -0.2) is 25.7 Å². The van der Waals surface area contributed by atoms with E-state index in [1.54, 1.807) is 24.4 Å². The molecule has 0 saturated heterocycles. The highest BCUT2D eigenvalue weighted by Crippen LogP contribution is 2.47. The van der Waals surface area contributed by atoms with Gasteiger partial charge in [-0.15, -0.1) is 0 Å². The van der Waals surface area contributed by atoms with Crippen LogP contribution in [0.5, 0.6) is 0 Å². The molecule has 1 saturated carbocycles. The summed E-state index contributed by atoms with van der Waals surface area (Å²) >= 11 is 0. The van der Waals surface area contributed by atoms with Crippen LogP contribution in [0.3, 0.4) is 0 Å². The molecule has 0 spiro atoms. The van der Waals surface area contributed by atoms with Crippen molar-refractivity contribution in [2.24, 2.45) is 11.7 Å². The molecule has 1 aromatic carbocycles. The maximum Gasteiger partial charge on any atom is 0.280 e. The first-order valence-corrected chi connectivity index (χ1v) is 10.1. The van der Waals surface area contributed by atoms with Crippen LogP contribution >= 0.6 is 0 Å². The molecule has 32 heavy (non-hydrogen) atoms. The molecular formula is C23H19F4N5. The summed E-state index contributed by atoms with van der Waals surface area (Å²) < 4.78 is 54.1. The number of nitrogens with two attached hydrogens (primary N) is 1. The molecule has 1 fully saturated rings. The van der Waals surface area contributed by atoms with Crippen LogP contribution in [-0.2, 0) is 0 Å². The maximum absolute atomic E-state index is 13.2. The van der Waals surface area contributed by atoms with Gasteiger partial charge in [-0.2, -0.15) is 5.10 Å². The van der Waals surface area contributed by atoms with E-state index >= 15 is 0 Å². The lowest BCUT2D eigenvalue weighted by Crippen LogP contribution is -2.41. The molecule has 1 aliphatic carbocycles. The van der Waals surface area contributed by atoms with Crippen molar-refractivity contribution in [2.45, 2.75) is 31.2 Å². The monoisotopic (exact) mass is 441 g/mol. The number of rotatable bonds is 5. The van der Waals surface area contributed by atoms with Gasteiger partial charge in [0.25, 0.3) is 6.43 Å². The Bertz CT molecular complexity index is 1280. The van der Waals surface area contributed by atoms with Crippen molar-refractivity contribution in [3.63, 3.8) is 0 Å². The van der Waals surface area contributed by atoms with E-state index in [9.17, 15) is 17.6 Å². The highest BCUT2D eigenvalue weighted by molar-refractivity contribution is 5.84. The minimum Gasteiger partial charge on any atom is -0.322 e. The molecule has 5 nitrogen and oxygen atoms in total. The number of pyridine rings is 2. The number of hydrogen-bond acceptors (Lipinski definition) is 4. The number of benzene rings is 1. The van der Waals surface area contributed by atoms with Gasteiger partial charge in [0.05, 0.1) is 29.1 Å². The summed E-state index contributed by atoms with van der Waals surface area (Å²) in [7, 11) is 0. The Kier molecular flexibility index (Phi) is 4.93. The van der Waals surface area contributed by atoms with Crippen molar-refractivity contribution in [3.05, 3.63) is 72.2 Å². The van der Waals surface area contributed by atoms with Crippen LogP contribution < -0.4 is 5.73 Å². The van der Waals surface area contributed by atoms with E-state index in [-0.39, 0.29) is 30.3 Å². The predicted octanol–water partition coefficient (Wildman–Crippen LogP) is 5.47. The second-order valence-corrected chi connectivity index (χ2v) is 8.05. The first kappa shape index (κ1) is 20.6. The Balaban J connectivity index is 1.49. The second kappa shape index (κ2) is 7.67. The molecule has 1 aliphatic rings. The Labute approximate surface area is 180 Å². The van der Waals surface area contributed by atoms with Gasteiger partial charge in [0.1, 0.15) is 5.69 Å². The molecule has 0 unspecified atom stereocenters. The van der Waals surface area contributed by atoms with E-state index in [4.69, 9.17) is 5.73 Å². The fourth-order valence-corrected chi connectivity index (χ4v) is 4.04. The third-order valence-electron chi connectivity index (χ3n) is 5.80. The smallest absolute Gasteiger partial charge is 0.280 e. The number of fused-ring (bicyclic) bond motifs is 1. The molecule has 0 bridgehead atoms. The normalized spacial score (nSPS) is 16.9. The standard InChI is InChI=1S/C23H19F4N5/c24-22(25)18-5-2-6-20(31-18)32-19-9-13(7-8-14(19)12-29-32)16-3-1-4-17(30-16)21(28)15-10-23(26,27)11-15/h1-9,12,15,21-22H,10-11,28H2/t21-/m0/s1. The van der Waals surface area contributed by atoms with Crippen LogP contribution in [0.2, 0.25) is 0 Å². The molecule has 3 aromatic heterocycles. The van der Waals surface area contributed by atoms with E-state index in [1.807, 2.05) is 24.3 Å². The Hall–Kier alpha value is -3.33. The highest BCUT2D eigenvalue weighted by Gasteiger charge is 2.48.